The van der Waals surface area contributed by atoms with Crippen molar-refractivity contribution in [2.75, 3.05) is 73.6 Å². The van der Waals surface area contributed by atoms with Gasteiger partial charge in [0.2, 0.25) is 0 Å². The third-order valence-corrected chi connectivity index (χ3v) is 8.68. The molecular weight excluding hydrogens is 566 g/mol. The number of hydrogen-bond donors (Lipinski definition) is 2. The second kappa shape index (κ2) is 13.5. The Morgan fingerprint density at radius 2 is 1.55 bits per heavy atom. The molecule has 3 N–H and O–H groups in total. The monoisotopic (exact) mass is 605 g/mol. The first-order chi connectivity index (χ1) is 20.2. The summed E-state index contributed by atoms with van der Waals surface area (Å²) < 4.78 is 55.2. The largest absolute Gasteiger partial charge is 0.416 e. The van der Waals surface area contributed by atoms with Crippen molar-refractivity contribution in [3.63, 3.8) is 0 Å². The van der Waals surface area contributed by atoms with Gasteiger partial charge < -0.3 is 20.4 Å². The van der Waals surface area contributed by atoms with Crippen LogP contribution < -0.4 is 25.9 Å². The van der Waals surface area contributed by atoms with E-state index in [1.54, 1.807) is 12.3 Å². The number of alkyl halides is 3. The van der Waals surface area contributed by atoms with E-state index in [0.29, 0.717) is 43.1 Å². The molecule has 0 atom stereocenters. The van der Waals surface area contributed by atoms with E-state index in [4.69, 9.17) is 18.0 Å². The number of benzene rings is 2. The zero-order valence-corrected chi connectivity index (χ0v) is 24.6. The van der Waals surface area contributed by atoms with Crippen LogP contribution >= 0.6 is 12.2 Å². The van der Waals surface area contributed by atoms with E-state index in [9.17, 15) is 13.2 Å². The number of nitrogens with zero attached hydrogens (tertiary/aromatic N) is 5. The number of nitrogens with one attached hydrogen (secondary N) is 1. The SMILES string of the molecule is NC(=S)N/N=C/c1cc(F)c(N2CCN(c3cccc(C(F)(F)F)c3)CC2)cc1N1CCN(CC2CCCCC2)CC1. The van der Waals surface area contributed by atoms with Crippen LogP contribution in [0.3, 0.4) is 0 Å². The Morgan fingerprint density at radius 3 is 2.21 bits per heavy atom. The molecule has 2 aliphatic heterocycles. The van der Waals surface area contributed by atoms with Crippen molar-refractivity contribution in [2.24, 2.45) is 16.8 Å². The fraction of sp³-hybridized carbons (Fsp3) is 0.533. The molecule has 0 radical (unpaired) electrons. The molecule has 0 unspecified atom stereocenters. The number of halogens is 4. The molecule has 2 aromatic rings. The number of hydrogen-bond acceptors (Lipinski definition) is 6. The van der Waals surface area contributed by atoms with Crippen molar-refractivity contribution in [1.82, 2.24) is 10.3 Å². The van der Waals surface area contributed by atoms with Crippen LogP contribution in [0.2, 0.25) is 0 Å². The number of anilines is 3. The van der Waals surface area contributed by atoms with E-state index >= 15 is 4.39 Å². The smallest absolute Gasteiger partial charge is 0.375 e. The molecule has 2 saturated heterocycles. The van der Waals surface area contributed by atoms with Gasteiger partial charge in [-0.3, -0.25) is 10.3 Å². The fourth-order valence-electron chi connectivity index (χ4n) is 6.34. The van der Waals surface area contributed by atoms with Gasteiger partial charge in [-0.2, -0.15) is 18.3 Å². The average Bonchev–Trinajstić information content (AvgIpc) is 2.98. The summed E-state index contributed by atoms with van der Waals surface area (Å²) in [5.41, 5.74) is 9.92. The molecule has 2 heterocycles. The topological polar surface area (TPSA) is 63.4 Å². The van der Waals surface area contributed by atoms with Gasteiger partial charge >= 0.3 is 6.18 Å². The van der Waals surface area contributed by atoms with E-state index in [-0.39, 0.29) is 10.9 Å². The number of nitrogens with two attached hydrogens (primary N) is 1. The van der Waals surface area contributed by atoms with E-state index < -0.39 is 11.7 Å². The van der Waals surface area contributed by atoms with Gasteiger partial charge in [0, 0.05) is 75.8 Å². The third kappa shape index (κ3) is 7.63. The molecule has 42 heavy (non-hydrogen) atoms. The quantitative estimate of drug-likeness (QED) is 0.199. The molecule has 3 aliphatic rings. The second-order valence-electron chi connectivity index (χ2n) is 11.4. The minimum Gasteiger partial charge on any atom is -0.375 e. The molecule has 0 aromatic heterocycles. The summed E-state index contributed by atoms with van der Waals surface area (Å²) >= 11 is 4.85. The number of hydrazone groups is 1. The lowest BCUT2D eigenvalue weighted by Crippen LogP contribution is -2.48. The van der Waals surface area contributed by atoms with Crippen molar-refractivity contribution in [2.45, 2.75) is 38.3 Å². The van der Waals surface area contributed by atoms with Crippen molar-refractivity contribution >= 4 is 40.6 Å². The van der Waals surface area contributed by atoms with Crippen molar-refractivity contribution in [3.05, 3.63) is 53.3 Å². The number of rotatable bonds is 7. The predicted octanol–water partition coefficient (Wildman–Crippen LogP) is 5.04. The average molecular weight is 606 g/mol. The lowest BCUT2D eigenvalue weighted by Gasteiger charge is -2.40. The third-order valence-electron chi connectivity index (χ3n) is 8.59. The standard InChI is InChI=1S/C30H39F4N7S/c31-26-17-23(20-36-37-29(35)42)27(40-11-9-38(10-12-40)21-22-5-2-1-3-6-22)19-28(26)41-15-13-39(14-16-41)25-8-4-7-24(18-25)30(32,33)34/h4,7-8,17-20,22H,1-3,5-6,9-16,21H2,(H3,35,37,42)/b36-20+. The number of piperazine rings is 2. The lowest BCUT2D eigenvalue weighted by atomic mass is 9.89. The normalized spacial score (nSPS) is 19.5. The molecule has 3 fully saturated rings. The van der Waals surface area contributed by atoms with Crippen LogP contribution in [0.1, 0.15) is 43.2 Å². The second-order valence-corrected chi connectivity index (χ2v) is 11.9. The summed E-state index contributed by atoms with van der Waals surface area (Å²) in [5.74, 6) is 0.408. The summed E-state index contributed by atoms with van der Waals surface area (Å²) in [7, 11) is 0. The van der Waals surface area contributed by atoms with Crippen LogP contribution in [0.4, 0.5) is 34.6 Å². The maximum absolute atomic E-state index is 15.6. The number of thiocarbonyl (C=S) groups is 1. The Balaban J connectivity index is 1.30. The molecule has 2 aromatic carbocycles. The van der Waals surface area contributed by atoms with Crippen LogP contribution in [0.5, 0.6) is 0 Å². The molecule has 12 heteroatoms. The Hall–Kier alpha value is -3.12. The highest BCUT2D eigenvalue weighted by atomic mass is 32.1. The molecule has 0 amide bonds. The van der Waals surface area contributed by atoms with Gasteiger partial charge in [-0.1, -0.05) is 25.3 Å². The maximum Gasteiger partial charge on any atom is 0.416 e. The lowest BCUT2D eigenvalue weighted by molar-refractivity contribution is -0.137. The summed E-state index contributed by atoms with van der Waals surface area (Å²) in [6, 6.07) is 8.74. The summed E-state index contributed by atoms with van der Waals surface area (Å²) in [6.07, 6.45) is 3.81. The van der Waals surface area contributed by atoms with Crippen LogP contribution in [0.15, 0.2) is 41.5 Å². The van der Waals surface area contributed by atoms with Gasteiger partial charge in [0.1, 0.15) is 5.82 Å². The highest BCUT2D eigenvalue weighted by molar-refractivity contribution is 7.80. The van der Waals surface area contributed by atoms with Crippen molar-refractivity contribution in [3.8, 4) is 0 Å². The molecule has 7 nitrogen and oxygen atoms in total. The summed E-state index contributed by atoms with van der Waals surface area (Å²) in [4.78, 5) is 8.71. The molecule has 1 aliphatic carbocycles. The van der Waals surface area contributed by atoms with Gasteiger partial charge in [-0.05, 0) is 61.3 Å². The minimum absolute atomic E-state index is 0.0276. The molecular formula is C30H39F4N7S. The highest BCUT2D eigenvalue weighted by Crippen LogP contribution is 2.34. The van der Waals surface area contributed by atoms with E-state index in [2.05, 4.69) is 20.3 Å². The molecule has 1 saturated carbocycles. The summed E-state index contributed by atoms with van der Waals surface area (Å²) in [5, 5.41) is 4.12. The van der Waals surface area contributed by atoms with E-state index in [1.165, 1.54) is 50.3 Å². The molecule has 0 spiro atoms. The first-order valence-electron chi connectivity index (χ1n) is 14.7. The molecule has 5 rings (SSSR count). The molecule has 0 bridgehead atoms. The Bertz CT molecular complexity index is 1250. The van der Waals surface area contributed by atoms with Crippen LogP contribution in [0, 0.1) is 11.7 Å². The first-order valence-corrected chi connectivity index (χ1v) is 15.1. The highest BCUT2D eigenvalue weighted by Gasteiger charge is 2.31. The van der Waals surface area contributed by atoms with Crippen LogP contribution in [-0.4, -0.2) is 75.1 Å². The molecule has 228 valence electrons. The zero-order chi connectivity index (χ0) is 29.7. The van der Waals surface area contributed by atoms with Gasteiger partial charge in [-0.25, -0.2) is 4.39 Å². The van der Waals surface area contributed by atoms with Crippen molar-refractivity contribution < 1.29 is 17.6 Å². The van der Waals surface area contributed by atoms with E-state index in [0.717, 1.165) is 50.4 Å². The fourth-order valence-corrected chi connectivity index (χ4v) is 6.39. The zero-order valence-electron chi connectivity index (χ0n) is 23.8. The van der Waals surface area contributed by atoms with E-state index in [1.807, 2.05) is 15.9 Å². The van der Waals surface area contributed by atoms with Crippen LogP contribution in [0.25, 0.3) is 0 Å². The maximum atomic E-state index is 15.6. The summed E-state index contributed by atoms with van der Waals surface area (Å²) in [6.45, 7) is 6.62. The van der Waals surface area contributed by atoms with Gasteiger partial charge in [0.05, 0.1) is 17.5 Å². The predicted molar refractivity (Wildman–Crippen MR) is 165 cm³/mol. The van der Waals surface area contributed by atoms with Gasteiger partial charge in [0.15, 0.2) is 5.11 Å². The van der Waals surface area contributed by atoms with Crippen molar-refractivity contribution in [1.29, 1.82) is 0 Å². The Labute approximate surface area is 250 Å². The Morgan fingerprint density at radius 1 is 0.905 bits per heavy atom. The van der Waals surface area contributed by atoms with Crippen LogP contribution in [-0.2, 0) is 6.18 Å². The Kier molecular flexibility index (Phi) is 9.72. The minimum atomic E-state index is -4.39. The van der Waals surface area contributed by atoms with Gasteiger partial charge in [0.25, 0.3) is 0 Å². The van der Waals surface area contributed by atoms with Gasteiger partial charge in [-0.15, -0.1) is 0 Å². The first kappa shape index (κ1) is 30.3.